The molecule has 2 fully saturated rings. The maximum Gasteiger partial charge on any atom is 0.123 e. The van der Waals surface area contributed by atoms with Gasteiger partial charge in [-0.05, 0) is 49.9 Å². The van der Waals surface area contributed by atoms with Crippen molar-refractivity contribution >= 4 is 0 Å². The average molecular weight is 263 g/mol. The van der Waals surface area contributed by atoms with E-state index in [-0.39, 0.29) is 5.82 Å². The lowest BCUT2D eigenvalue weighted by atomic mass is 9.96. The van der Waals surface area contributed by atoms with Crippen LogP contribution in [0.25, 0.3) is 0 Å². The molecule has 3 rings (SSSR count). The zero-order chi connectivity index (χ0) is 13.1. The average Bonchev–Trinajstić information content (AvgIpc) is 3.10. The van der Waals surface area contributed by atoms with Crippen LogP contribution in [0.15, 0.2) is 18.2 Å². The lowest BCUT2D eigenvalue weighted by molar-refractivity contribution is 0.256. The molecule has 1 aliphatic heterocycles. The van der Waals surface area contributed by atoms with Crippen molar-refractivity contribution in [1.82, 2.24) is 5.32 Å². The fourth-order valence-electron chi connectivity index (χ4n) is 3.27. The van der Waals surface area contributed by atoms with Gasteiger partial charge in [-0.2, -0.15) is 0 Å². The van der Waals surface area contributed by atoms with Crippen molar-refractivity contribution in [2.24, 2.45) is 5.92 Å². The Morgan fingerprint density at radius 3 is 2.79 bits per heavy atom. The molecule has 0 spiro atoms. The predicted molar refractivity (Wildman–Crippen MR) is 74.1 cm³/mol. The molecule has 1 heterocycles. The fraction of sp³-hybridized carbons (Fsp3) is 0.625. The molecular formula is C16H22FNO. The molecule has 1 atom stereocenters. The Kier molecular flexibility index (Phi) is 4.02. The Bertz CT molecular complexity index is 423. The summed E-state index contributed by atoms with van der Waals surface area (Å²) in [5, 5.41) is 3.35. The molecule has 1 saturated heterocycles. The van der Waals surface area contributed by atoms with Crippen LogP contribution in [0.5, 0.6) is 5.75 Å². The lowest BCUT2D eigenvalue weighted by Gasteiger charge is -2.18. The second-order valence-corrected chi connectivity index (χ2v) is 5.83. The molecule has 2 aliphatic rings. The van der Waals surface area contributed by atoms with Gasteiger partial charge in [0.1, 0.15) is 11.6 Å². The van der Waals surface area contributed by atoms with Crippen LogP contribution in [0.2, 0.25) is 0 Å². The lowest BCUT2D eigenvalue weighted by Crippen LogP contribution is -2.16. The van der Waals surface area contributed by atoms with Crippen LogP contribution >= 0.6 is 0 Å². The first-order valence-corrected chi connectivity index (χ1v) is 7.46. The first-order chi connectivity index (χ1) is 9.33. The Balaban J connectivity index is 1.71. The summed E-state index contributed by atoms with van der Waals surface area (Å²) in [6.07, 6.45) is 6.04. The molecule has 0 bridgehead atoms. The van der Waals surface area contributed by atoms with E-state index < -0.39 is 0 Å². The summed E-state index contributed by atoms with van der Waals surface area (Å²) in [4.78, 5) is 0. The summed E-state index contributed by atoms with van der Waals surface area (Å²) < 4.78 is 19.5. The first-order valence-electron chi connectivity index (χ1n) is 7.46. The third kappa shape index (κ3) is 3.08. The van der Waals surface area contributed by atoms with Gasteiger partial charge in [0.2, 0.25) is 0 Å². The van der Waals surface area contributed by atoms with E-state index in [2.05, 4.69) is 5.32 Å². The number of hydrogen-bond donors (Lipinski definition) is 1. The number of halogens is 1. The van der Waals surface area contributed by atoms with Crippen molar-refractivity contribution in [3.05, 3.63) is 29.6 Å². The summed E-state index contributed by atoms with van der Waals surface area (Å²) >= 11 is 0. The number of rotatable bonds is 4. The molecule has 0 aromatic heterocycles. The van der Waals surface area contributed by atoms with Gasteiger partial charge in [0.25, 0.3) is 0 Å². The SMILES string of the molecule is Fc1ccc(OCC2CCNC2)c(C2CCCC2)c1. The second kappa shape index (κ2) is 5.91. The van der Waals surface area contributed by atoms with E-state index in [1.165, 1.54) is 38.2 Å². The maximum atomic E-state index is 13.5. The van der Waals surface area contributed by atoms with E-state index in [0.29, 0.717) is 11.8 Å². The minimum absolute atomic E-state index is 0.142. The van der Waals surface area contributed by atoms with Crippen LogP contribution in [0.1, 0.15) is 43.6 Å². The van der Waals surface area contributed by atoms with Gasteiger partial charge < -0.3 is 10.1 Å². The standard InChI is InChI=1S/C16H22FNO/c17-14-5-6-16(19-11-12-7-8-18-10-12)15(9-14)13-3-1-2-4-13/h5-6,9,12-13,18H,1-4,7-8,10-11H2. The van der Waals surface area contributed by atoms with Gasteiger partial charge >= 0.3 is 0 Å². The molecule has 19 heavy (non-hydrogen) atoms. The van der Waals surface area contributed by atoms with Crippen LogP contribution in [0, 0.1) is 11.7 Å². The molecule has 1 unspecified atom stereocenters. The number of benzene rings is 1. The van der Waals surface area contributed by atoms with Gasteiger partial charge in [0.15, 0.2) is 0 Å². The molecule has 0 radical (unpaired) electrons. The summed E-state index contributed by atoms with van der Waals surface area (Å²) in [6, 6.07) is 5.00. The van der Waals surface area contributed by atoms with Crippen LogP contribution in [0.4, 0.5) is 4.39 Å². The minimum Gasteiger partial charge on any atom is -0.493 e. The summed E-state index contributed by atoms with van der Waals surface area (Å²) in [7, 11) is 0. The van der Waals surface area contributed by atoms with Gasteiger partial charge in [0.05, 0.1) is 6.61 Å². The molecular weight excluding hydrogens is 241 g/mol. The van der Waals surface area contributed by atoms with E-state index >= 15 is 0 Å². The van der Waals surface area contributed by atoms with Crippen LogP contribution in [-0.4, -0.2) is 19.7 Å². The number of ether oxygens (including phenoxy) is 1. The molecule has 1 saturated carbocycles. The number of hydrogen-bond acceptors (Lipinski definition) is 2. The normalized spacial score (nSPS) is 23.9. The summed E-state index contributed by atoms with van der Waals surface area (Å²) in [6.45, 7) is 2.88. The van der Waals surface area contributed by atoms with E-state index in [1.54, 1.807) is 6.07 Å². The molecule has 1 N–H and O–H groups in total. The van der Waals surface area contributed by atoms with Crippen LogP contribution in [0.3, 0.4) is 0 Å². The maximum absolute atomic E-state index is 13.5. The molecule has 104 valence electrons. The Labute approximate surface area is 114 Å². The van der Waals surface area contributed by atoms with Gasteiger partial charge in [0, 0.05) is 18.0 Å². The Hall–Kier alpha value is -1.09. The van der Waals surface area contributed by atoms with E-state index in [4.69, 9.17) is 4.74 Å². The zero-order valence-electron chi connectivity index (χ0n) is 11.3. The van der Waals surface area contributed by atoms with Gasteiger partial charge in [-0.15, -0.1) is 0 Å². The molecule has 1 aromatic carbocycles. The van der Waals surface area contributed by atoms with Crippen molar-refractivity contribution in [3.63, 3.8) is 0 Å². The van der Waals surface area contributed by atoms with Crippen molar-refractivity contribution in [1.29, 1.82) is 0 Å². The minimum atomic E-state index is -0.142. The highest BCUT2D eigenvalue weighted by Gasteiger charge is 2.22. The zero-order valence-corrected chi connectivity index (χ0v) is 11.3. The number of nitrogens with one attached hydrogen (secondary N) is 1. The molecule has 1 aromatic rings. The summed E-state index contributed by atoms with van der Waals surface area (Å²) in [5.74, 6) is 1.85. The van der Waals surface area contributed by atoms with Gasteiger partial charge in [-0.3, -0.25) is 0 Å². The highest BCUT2D eigenvalue weighted by Crippen LogP contribution is 2.39. The monoisotopic (exact) mass is 263 g/mol. The smallest absolute Gasteiger partial charge is 0.123 e. The topological polar surface area (TPSA) is 21.3 Å². The van der Waals surface area contributed by atoms with Gasteiger partial charge in [-0.1, -0.05) is 12.8 Å². The van der Waals surface area contributed by atoms with E-state index in [9.17, 15) is 4.39 Å². The molecule has 3 heteroatoms. The predicted octanol–water partition coefficient (Wildman–Crippen LogP) is 3.47. The molecule has 2 nitrogen and oxygen atoms in total. The van der Waals surface area contributed by atoms with Crippen molar-refractivity contribution in [3.8, 4) is 5.75 Å². The van der Waals surface area contributed by atoms with E-state index in [1.807, 2.05) is 6.07 Å². The van der Waals surface area contributed by atoms with Crippen LogP contribution in [-0.2, 0) is 0 Å². The fourth-order valence-corrected chi connectivity index (χ4v) is 3.27. The van der Waals surface area contributed by atoms with Crippen molar-refractivity contribution in [2.45, 2.75) is 38.0 Å². The molecule has 0 amide bonds. The quantitative estimate of drug-likeness (QED) is 0.898. The van der Waals surface area contributed by atoms with Crippen molar-refractivity contribution < 1.29 is 9.13 Å². The van der Waals surface area contributed by atoms with Crippen molar-refractivity contribution in [2.75, 3.05) is 19.7 Å². The Morgan fingerprint density at radius 1 is 1.21 bits per heavy atom. The first kappa shape index (κ1) is 12.9. The highest BCUT2D eigenvalue weighted by molar-refractivity contribution is 5.37. The molecule has 1 aliphatic carbocycles. The summed E-state index contributed by atoms with van der Waals surface area (Å²) in [5.41, 5.74) is 1.09. The van der Waals surface area contributed by atoms with Crippen LogP contribution < -0.4 is 10.1 Å². The largest absolute Gasteiger partial charge is 0.493 e. The second-order valence-electron chi connectivity index (χ2n) is 5.83. The third-order valence-electron chi connectivity index (χ3n) is 4.40. The highest BCUT2D eigenvalue weighted by atomic mass is 19.1. The van der Waals surface area contributed by atoms with E-state index in [0.717, 1.165) is 31.0 Å². The third-order valence-corrected chi connectivity index (χ3v) is 4.40. The van der Waals surface area contributed by atoms with Gasteiger partial charge in [-0.25, -0.2) is 4.39 Å². The Morgan fingerprint density at radius 2 is 2.05 bits per heavy atom.